The largest absolute Gasteiger partial charge is 0.326 e. The molecule has 1 radical (unpaired) electrons. The van der Waals surface area contributed by atoms with E-state index in [9.17, 15) is 9.59 Å². The Balaban J connectivity index is 3.03. The fraction of sp³-hybridized carbons (Fsp3) is 0. The van der Waals surface area contributed by atoms with Crippen LogP contribution in [-0.4, -0.2) is 9.97 Å². The van der Waals surface area contributed by atoms with Crippen molar-refractivity contribution in [2.45, 2.75) is 0 Å². The highest BCUT2D eigenvalue weighted by Gasteiger charge is 1.99. The predicted octanol–water partition coefficient (Wildman–Crippen LogP) is 0.131. The van der Waals surface area contributed by atoms with Crippen LogP contribution in [0.4, 0.5) is 5.69 Å². The number of aromatic amines is 2. The van der Waals surface area contributed by atoms with Crippen molar-refractivity contribution in [1.82, 2.24) is 15.7 Å². The Morgan fingerprint density at radius 1 is 1.15 bits per heavy atom. The molecule has 1 aromatic carbocycles. The first-order valence-corrected chi connectivity index (χ1v) is 3.65. The van der Waals surface area contributed by atoms with Crippen LogP contribution in [0, 0.1) is 0 Å². The Kier molecular flexibility index (Phi) is 1.45. The molecule has 5 heteroatoms. The van der Waals surface area contributed by atoms with E-state index in [2.05, 4.69) is 9.97 Å². The fourth-order valence-electron chi connectivity index (χ4n) is 1.17. The van der Waals surface area contributed by atoms with Crippen LogP contribution >= 0.6 is 0 Å². The molecule has 0 aliphatic carbocycles. The first kappa shape index (κ1) is 7.60. The highest BCUT2D eigenvalue weighted by molar-refractivity contribution is 5.79. The van der Waals surface area contributed by atoms with Crippen LogP contribution in [0.5, 0.6) is 0 Å². The van der Waals surface area contributed by atoms with Gasteiger partial charge >= 0.3 is 5.69 Å². The minimum absolute atomic E-state index is 0.258. The Labute approximate surface area is 72.2 Å². The van der Waals surface area contributed by atoms with Gasteiger partial charge in [0.05, 0.1) is 16.6 Å². The van der Waals surface area contributed by atoms with Crippen molar-refractivity contribution in [2.24, 2.45) is 0 Å². The molecule has 0 saturated heterocycles. The van der Waals surface area contributed by atoms with Gasteiger partial charge in [-0.3, -0.25) is 9.78 Å². The third-order valence-electron chi connectivity index (χ3n) is 1.74. The maximum Gasteiger partial charge on any atom is 0.326 e. The minimum Gasteiger partial charge on any atom is -0.307 e. The summed E-state index contributed by atoms with van der Waals surface area (Å²) >= 11 is 0. The molecule has 0 fully saturated rings. The van der Waals surface area contributed by atoms with E-state index in [4.69, 9.17) is 5.73 Å². The van der Waals surface area contributed by atoms with Gasteiger partial charge in [-0.2, -0.15) is 0 Å². The number of hydrogen-bond donors (Lipinski definition) is 2. The molecule has 0 saturated carbocycles. The number of fused-ring (bicyclic) bond motifs is 1. The van der Waals surface area contributed by atoms with Crippen LogP contribution < -0.4 is 17.0 Å². The Hall–Kier alpha value is -2.04. The van der Waals surface area contributed by atoms with Gasteiger partial charge in [-0.15, -0.1) is 0 Å². The Morgan fingerprint density at radius 3 is 2.69 bits per heavy atom. The molecule has 0 aliphatic heterocycles. The Bertz CT molecular complexity index is 567. The molecule has 0 atom stereocenters. The van der Waals surface area contributed by atoms with E-state index < -0.39 is 11.2 Å². The summed E-state index contributed by atoms with van der Waals surface area (Å²) in [5, 5.41) is 0.385. The van der Waals surface area contributed by atoms with Crippen LogP contribution in [-0.2, 0) is 0 Å². The van der Waals surface area contributed by atoms with Gasteiger partial charge in [0.2, 0.25) is 0 Å². The normalized spacial score (nSPS) is 10.5. The zero-order valence-corrected chi connectivity index (χ0v) is 6.55. The average Bonchev–Trinajstić information content (AvgIpc) is 2.02. The zero-order chi connectivity index (χ0) is 9.42. The van der Waals surface area contributed by atoms with E-state index in [1.54, 1.807) is 0 Å². The highest BCUT2D eigenvalue weighted by atomic mass is 16.2. The number of nitrogens with one attached hydrogen (secondary N) is 3. The molecule has 0 aliphatic rings. The summed E-state index contributed by atoms with van der Waals surface area (Å²) in [6.07, 6.45) is 0. The molecule has 5 nitrogen and oxygen atoms in total. The van der Waals surface area contributed by atoms with E-state index >= 15 is 0 Å². The molecule has 1 heterocycles. The van der Waals surface area contributed by atoms with Crippen molar-refractivity contribution >= 4 is 16.6 Å². The lowest BCUT2D eigenvalue weighted by Crippen LogP contribution is -2.21. The minimum atomic E-state index is -0.553. The van der Waals surface area contributed by atoms with Gasteiger partial charge in [-0.25, -0.2) is 4.79 Å². The first-order valence-electron chi connectivity index (χ1n) is 3.65. The van der Waals surface area contributed by atoms with Crippen molar-refractivity contribution in [3.63, 3.8) is 0 Å². The summed E-state index contributed by atoms with van der Waals surface area (Å²) in [7, 11) is 0. The van der Waals surface area contributed by atoms with Gasteiger partial charge in [-0.1, -0.05) is 0 Å². The number of H-pyrrole nitrogens is 2. The molecule has 0 bridgehead atoms. The van der Waals surface area contributed by atoms with Crippen molar-refractivity contribution in [3.8, 4) is 0 Å². The first-order chi connectivity index (χ1) is 6.16. The molecule has 3 N–H and O–H groups in total. The van der Waals surface area contributed by atoms with Gasteiger partial charge in [0.1, 0.15) is 0 Å². The van der Waals surface area contributed by atoms with Crippen molar-refractivity contribution in [3.05, 3.63) is 39.0 Å². The molecule has 65 valence electrons. The van der Waals surface area contributed by atoms with E-state index in [1.165, 1.54) is 18.2 Å². The van der Waals surface area contributed by atoms with Gasteiger partial charge in [-0.05, 0) is 18.2 Å². The topological polar surface area (TPSA) is 89.5 Å². The summed E-state index contributed by atoms with van der Waals surface area (Å²) in [5.74, 6) is 0. The average molecular weight is 176 g/mol. The van der Waals surface area contributed by atoms with Crippen molar-refractivity contribution in [2.75, 3.05) is 0 Å². The zero-order valence-electron chi connectivity index (χ0n) is 6.55. The second kappa shape index (κ2) is 2.48. The molecular formula is C8H6N3O2. The van der Waals surface area contributed by atoms with Crippen LogP contribution in [0.1, 0.15) is 0 Å². The quantitative estimate of drug-likeness (QED) is 0.597. The molecular weight excluding hydrogens is 170 g/mol. The second-order valence-corrected chi connectivity index (χ2v) is 2.67. The molecule has 2 rings (SSSR count). The van der Waals surface area contributed by atoms with E-state index in [-0.39, 0.29) is 5.69 Å². The van der Waals surface area contributed by atoms with Gasteiger partial charge in [0.15, 0.2) is 0 Å². The molecule has 0 unspecified atom stereocenters. The predicted molar refractivity (Wildman–Crippen MR) is 47.9 cm³/mol. The number of hydrogen-bond acceptors (Lipinski definition) is 2. The van der Waals surface area contributed by atoms with Crippen LogP contribution in [0.3, 0.4) is 0 Å². The van der Waals surface area contributed by atoms with Gasteiger partial charge in [0, 0.05) is 0 Å². The fourth-order valence-corrected chi connectivity index (χ4v) is 1.17. The summed E-state index contributed by atoms with van der Waals surface area (Å²) in [6, 6.07) is 4.44. The maximum absolute atomic E-state index is 11.2. The number of rotatable bonds is 0. The summed E-state index contributed by atoms with van der Waals surface area (Å²) in [5.41, 5.74) is 6.95. The monoisotopic (exact) mass is 176 g/mol. The second-order valence-electron chi connectivity index (χ2n) is 2.67. The standard InChI is InChI=1S/C8H6N3O2/c9-4-1-2-5-6(3-4)10-8(13)11-7(5)12/h1-3,9H,(H2,10,11,12,13). The van der Waals surface area contributed by atoms with Gasteiger partial charge < -0.3 is 10.7 Å². The van der Waals surface area contributed by atoms with Gasteiger partial charge in [0.25, 0.3) is 5.56 Å². The summed E-state index contributed by atoms with van der Waals surface area (Å²) < 4.78 is 0. The van der Waals surface area contributed by atoms with Crippen LogP contribution in [0.15, 0.2) is 27.8 Å². The highest BCUT2D eigenvalue weighted by Crippen LogP contribution is 2.10. The molecule has 0 amide bonds. The Morgan fingerprint density at radius 2 is 1.92 bits per heavy atom. The van der Waals surface area contributed by atoms with Crippen molar-refractivity contribution in [1.29, 1.82) is 0 Å². The molecule has 0 spiro atoms. The molecule has 13 heavy (non-hydrogen) atoms. The third-order valence-corrected chi connectivity index (χ3v) is 1.74. The SMILES string of the molecule is [NH]c1ccc2c(=O)[nH]c(=O)[nH]c2c1. The van der Waals surface area contributed by atoms with Crippen LogP contribution in [0.25, 0.3) is 10.9 Å². The lowest BCUT2D eigenvalue weighted by atomic mass is 10.2. The molecule has 1 aromatic heterocycles. The van der Waals surface area contributed by atoms with E-state index in [0.29, 0.717) is 10.9 Å². The summed E-state index contributed by atoms with van der Waals surface area (Å²) in [4.78, 5) is 26.6. The number of benzene rings is 1. The molecule has 2 aromatic rings. The smallest absolute Gasteiger partial charge is 0.307 e. The van der Waals surface area contributed by atoms with Crippen molar-refractivity contribution < 1.29 is 0 Å². The maximum atomic E-state index is 11.2. The van der Waals surface area contributed by atoms with Crippen LogP contribution in [0.2, 0.25) is 0 Å². The van der Waals surface area contributed by atoms with E-state index in [0.717, 1.165) is 0 Å². The van der Waals surface area contributed by atoms with E-state index in [1.807, 2.05) is 0 Å². The number of aromatic nitrogens is 2. The lowest BCUT2D eigenvalue weighted by Gasteiger charge is -1.95. The lowest BCUT2D eigenvalue weighted by molar-refractivity contribution is 1.08. The third kappa shape index (κ3) is 1.20. The summed E-state index contributed by atoms with van der Waals surface area (Å²) in [6.45, 7) is 0.